The Morgan fingerprint density at radius 1 is 1.37 bits per heavy atom. The van der Waals surface area contributed by atoms with Gasteiger partial charge in [0.15, 0.2) is 0 Å². The van der Waals surface area contributed by atoms with Crippen LogP contribution in [0.3, 0.4) is 0 Å². The van der Waals surface area contributed by atoms with Crippen molar-refractivity contribution in [2.75, 3.05) is 24.5 Å². The summed E-state index contributed by atoms with van der Waals surface area (Å²) in [6.45, 7) is 3.04. The molecule has 1 fully saturated rings. The standard InChI is InChI=1S/C18H22ClN3O5/c1-11(18(26)27)21(8-7-20-12(2)23)17(25)13-9-16(24)22(10-13)15-6-4-3-5-14(15)19/h3-6,11,13H,7-10H2,1-2H3,(H,20,23)(H,26,27). The minimum Gasteiger partial charge on any atom is -0.480 e. The Morgan fingerprint density at radius 2 is 2.04 bits per heavy atom. The van der Waals surface area contributed by atoms with Gasteiger partial charge in [-0.05, 0) is 19.1 Å². The van der Waals surface area contributed by atoms with Gasteiger partial charge in [0.25, 0.3) is 0 Å². The first-order valence-corrected chi connectivity index (χ1v) is 8.92. The van der Waals surface area contributed by atoms with Crippen molar-refractivity contribution in [2.24, 2.45) is 5.92 Å². The molecule has 8 nitrogen and oxygen atoms in total. The zero-order valence-corrected chi connectivity index (χ0v) is 15.9. The number of nitrogens with one attached hydrogen (secondary N) is 1. The van der Waals surface area contributed by atoms with Gasteiger partial charge in [0.1, 0.15) is 6.04 Å². The first kappa shape index (κ1) is 20.7. The van der Waals surface area contributed by atoms with Gasteiger partial charge >= 0.3 is 5.97 Å². The van der Waals surface area contributed by atoms with Gasteiger partial charge in [-0.15, -0.1) is 0 Å². The molecule has 0 radical (unpaired) electrons. The topological polar surface area (TPSA) is 107 Å². The van der Waals surface area contributed by atoms with Crippen molar-refractivity contribution in [2.45, 2.75) is 26.3 Å². The van der Waals surface area contributed by atoms with Gasteiger partial charge in [-0.2, -0.15) is 0 Å². The lowest BCUT2D eigenvalue weighted by atomic mass is 10.1. The fraction of sp³-hybridized carbons (Fsp3) is 0.444. The molecule has 1 heterocycles. The van der Waals surface area contributed by atoms with Crippen LogP contribution in [0.25, 0.3) is 0 Å². The Hall–Kier alpha value is -2.61. The van der Waals surface area contributed by atoms with Gasteiger partial charge in [0, 0.05) is 33.0 Å². The third kappa shape index (κ3) is 4.97. The first-order chi connectivity index (χ1) is 12.7. The lowest BCUT2D eigenvalue weighted by molar-refractivity contribution is -0.151. The number of aliphatic carboxylic acids is 1. The highest BCUT2D eigenvalue weighted by Gasteiger charge is 2.39. The van der Waals surface area contributed by atoms with Crippen LogP contribution < -0.4 is 10.2 Å². The quantitative estimate of drug-likeness (QED) is 0.719. The molecule has 2 atom stereocenters. The number of carboxylic acid groups (broad SMARTS) is 1. The lowest BCUT2D eigenvalue weighted by Crippen LogP contribution is -2.49. The SMILES string of the molecule is CC(=O)NCCN(C(=O)C1CC(=O)N(c2ccccc2Cl)C1)C(C)C(=O)O. The number of hydrogen-bond donors (Lipinski definition) is 2. The summed E-state index contributed by atoms with van der Waals surface area (Å²) in [5.41, 5.74) is 0.524. The van der Waals surface area contributed by atoms with E-state index in [0.29, 0.717) is 10.7 Å². The summed E-state index contributed by atoms with van der Waals surface area (Å²) in [6.07, 6.45) is -0.0208. The molecule has 1 aliphatic heterocycles. The van der Waals surface area contributed by atoms with Crippen LogP contribution in [0, 0.1) is 5.92 Å². The van der Waals surface area contributed by atoms with Crippen LogP contribution in [-0.4, -0.2) is 59.4 Å². The second-order valence-corrected chi connectivity index (χ2v) is 6.79. The number of hydrogen-bond acceptors (Lipinski definition) is 4. The number of para-hydroxylation sites is 1. The van der Waals surface area contributed by atoms with E-state index in [2.05, 4.69) is 5.32 Å². The second-order valence-electron chi connectivity index (χ2n) is 6.39. The molecule has 9 heteroatoms. The van der Waals surface area contributed by atoms with Crippen molar-refractivity contribution in [3.8, 4) is 0 Å². The number of amides is 3. The highest BCUT2D eigenvalue weighted by molar-refractivity contribution is 6.33. The van der Waals surface area contributed by atoms with Crippen LogP contribution in [0.2, 0.25) is 5.02 Å². The number of rotatable bonds is 7. The molecule has 0 bridgehead atoms. The molecule has 146 valence electrons. The van der Waals surface area contributed by atoms with E-state index in [9.17, 15) is 24.3 Å². The molecule has 1 aromatic rings. The first-order valence-electron chi connectivity index (χ1n) is 8.55. The van der Waals surface area contributed by atoms with Crippen molar-refractivity contribution in [1.29, 1.82) is 0 Å². The summed E-state index contributed by atoms with van der Waals surface area (Å²) in [5.74, 6) is -2.78. The van der Waals surface area contributed by atoms with Crippen LogP contribution in [0.15, 0.2) is 24.3 Å². The van der Waals surface area contributed by atoms with Crippen LogP contribution in [0.4, 0.5) is 5.69 Å². The molecule has 0 aromatic heterocycles. The van der Waals surface area contributed by atoms with Crippen molar-refractivity contribution < 1.29 is 24.3 Å². The molecule has 2 unspecified atom stereocenters. The Morgan fingerprint density at radius 3 is 2.63 bits per heavy atom. The van der Waals surface area contributed by atoms with Crippen molar-refractivity contribution in [3.63, 3.8) is 0 Å². The Kier molecular flexibility index (Phi) is 6.79. The molecular weight excluding hydrogens is 374 g/mol. The Labute approximate surface area is 162 Å². The van der Waals surface area contributed by atoms with Gasteiger partial charge in [-0.1, -0.05) is 23.7 Å². The predicted octanol–water partition coefficient (Wildman–Crippen LogP) is 1.13. The minimum atomic E-state index is -1.15. The average molecular weight is 396 g/mol. The molecule has 1 saturated heterocycles. The molecular formula is C18H22ClN3O5. The average Bonchev–Trinajstić information content (AvgIpc) is 2.99. The highest BCUT2D eigenvalue weighted by Crippen LogP contribution is 2.31. The van der Waals surface area contributed by atoms with Crippen LogP contribution in [-0.2, 0) is 19.2 Å². The largest absolute Gasteiger partial charge is 0.480 e. The molecule has 2 rings (SSSR count). The number of benzene rings is 1. The third-order valence-electron chi connectivity index (χ3n) is 4.45. The Balaban J connectivity index is 2.15. The predicted molar refractivity (Wildman–Crippen MR) is 99.4 cm³/mol. The normalized spacial score (nSPS) is 17.5. The number of carbonyl (C=O) groups is 4. The lowest BCUT2D eigenvalue weighted by Gasteiger charge is -2.29. The van der Waals surface area contributed by atoms with Gasteiger partial charge in [-0.3, -0.25) is 14.4 Å². The number of carbonyl (C=O) groups excluding carboxylic acids is 3. The van der Waals surface area contributed by atoms with Gasteiger partial charge in [-0.25, -0.2) is 4.79 Å². The molecule has 0 saturated carbocycles. The van der Waals surface area contributed by atoms with Gasteiger partial charge in [0.05, 0.1) is 16.6 Å². The molecule has 1 aromatic carbocycles. The molecule has 0 aliphatic carbocycles. The fourth-order valence-electron chi connectivity index (χ4n) is 2.99. The van der Waals surface area contributed by atoms with Crippen molar-refractivity contribution in [3.05, 3.63) is 29.3 Å². The molecule has 2 N–H and O–H groups in total. The molecule has 27 heavy (non-hydrogen) atoms. The minimum absolute atomic E-state index is 0.0208. The highest BCUT2D eigenvalue weighted by atomic mass is 35.5. The maximum Gasteiger partial charge on any atom is 0.326 e. The fourth-order valence-corrected chi connectivity index (χ4v) is 3.23. The van der Waals surface area contributed by atoms with E-state index < -0.39 is 23.8 Å². The number of nitrogens with zero attached hydrogens (tertiary/aromatic N) is 2. The van der Waals surface area contributed by atoms with Crippen molar-refractivity contribution >= 4 is 41.0 Å². The maximum atomic E-state index is 12.9. The summed E-state index contributed by atoms with van der Waals surface area (Å²) >= 11 is 6.14. The number of halogens is 1. The molecule has 1 aliphatic rings. The van der Waals surface area contributed by atoms with Crippen molar-refractivity contribution in [1.82, 2.24) is 10.2 Å². The van der Waals surface area contributed by atoms with E-state index in [4.69, 9.17) is 11.6 Å². The van der Waals surface area contributed by atoms with E-state index in [1.54, 1.807) is 24.3 Å². The third-order valence-corrected chi connectivity index (χ3v) is 4.77. The zero-order chi connectivity index (χ0) is 20.1. The molecule has 0 spiro atoms. The van der Waals surface area contributed by atoms with Crippen LogP contribution >= 0.6 is 11.6 Å². The monoisotopic (exact) mass is 395 g/mol. The summed E-state index contributed by atoms with van der Waals surface area (Å²) in [7, 11) is 0. The number of anilines is 1. The Bertz CT molecular complexity index is 754. The van der Waals surface area contributed by atoms with Crippen LogP contribution in [0.1, 0.15) is 20.3 Å². The number of carboxylic acids is 1. The van der Waals surface area contributed by atoms with E-state index in [1.165, 1.54) is 23.6 Å². The second kappa shape index (κ2) is 8.85. The summed E-state index contributed by atoms with van der Waals surface area (Å²) in [4.78, 5) is 50.4. The zero-order valence-electron chi connectivity index (χ0n) is 15.1. The van der Waals surface area contributed by atoms with E-state index in [0.717, 1.165) is 0 Å². The molecule has 3 amide bonds. The smallest absolute Gasteiger partial charge is 0.326 e. The summed E-state index contributed by atoms with van der Waals surface area (Å²) < 4.78 is 0. The van der Waals surface area contributed by atoms with Crippen LogP contribution in [0.5, 0.6) is 0 Å². The van der Waals surface area contributed by atoms with Gasteiger partial charge < -0.3 is 20.2 Å². The van der Waals surface area contributed by atoms with E-state index >= 15 is 0 Å². The van der Waals surface area contributed by atoms with Gasteiger partial charge in [0.2, 0.25) is 17.7 Å². The maximum absolute atomic E-state index is 12.9. The van der Waals surface area contributed by atoms with E-state index in [-0.39, 0.29) is 37.9 Å². The summed E-state index contributed by atoms with van der Waals surface area (Å²) in [5, 5.41) is 12.2. The van der Waals surface area contributed by atoms with E-state index in [1.807, 2.05) is 0 Å². The summed E-state index contributed by atoms with van der Waals surface area (Å²) in [6, 6.07) is 5.77.